The Bertz CT molecular complexity index is 43.4. The largest absolute Gasteiger partial charge is 0.483 e. The summed E-state index contributed by atoms with van der Waals surface area (Å²) in [4.78, 5) is 0. The summed E-state index contributed by atoms with van der Waals surface area (Å²) in [7, 11) is 3.05. The van der Waals surface area contributed by atoms with Gasteiger partial charge in [-0.2, -0.15) is 0 Å². The zero-order valence-corrected chi connectivity index (χ0v) is 8.11. The van der Waals surface area contributed by atoms with Crippen LogP contribution in [0.4, 0.5) is 0 Å². The molecule has 0 aromatic carbocycles. The maximum Gasteiger partial charge on any atom is 0.483 e. The molecule has 4 nitrogen and oxygen atoms in total. The second-order valence-corrected chi connectivity index (χ2v) is 3.30. The Hall–Kier alpha value is 0.0569. The van der Waals surface area contributed by atoms with E-state index in [0.717, 1.165) is 0 Å². The first kappa shape index (κ1) is 12.7. The molecule has 5 heteroatoms. The molecule has 0 fully saturated rings. The van der Waals surface area contributed by atoms with Crippen LogP contribution in [0.15, 0.2) is 0 Å². The molecule has 0 aromatic rings. The maximum atomic E-state index is 7.57. The van der Waals surface area contributed by atoms with Crippen LogP contribution in [0, 0.1) is 0 Å². The van der Waals surface area contributed by atoms with Crippen LogP contribution in [0.2, 0.25) is 0 Å². The van der Waals surface area contributed by atoms with Crippen molar-refractivity contribution in [2.24, 2.45) is 0 Å². The lowest BCUT2D eigenvalue weighted by Crippen LogP contribution is -2.21. The summed E-state index contributed by atoms with van der Waals surface area (Å²) in [5, 5.41) is 7.57. The van der Waals surface area contributed by atoms with Crippen molar-refractivity contribution in [3.8, 4) is 0 Å². The molecule has 0 spiro atoms. The molecule has 0 aliphatic carbocycles. The highest BCUT2D eigenvalue weighted by molar-refractivity contribution is 6.36. The SMILES string of the molecule is CCO.CO[SiH](OC)OC. The molecule has 0 aliphatic rings. The van der Waals surface area contributed by atoms with Gasteiger partial charge in [0.25, 0.3) is 0 Å². The van der Waals surface area contributed by atoms with Crippen LogP contribution in [0.25, 0.3) is 0 Å². The molecule has 0 radical (unpaired) electrons. The van der Waals surface area contributed by atoms with Crippen molar-refractivity contribution in [3.63, 3.8) is 0 Å². The lowest BCUT2D eigenvalue weighted by Gasteiger charge is -2.05. The van der Waals surface area contributed by atoms with E-state index in [9.17, 15) is 0 Å². The fourth-order valence-corrected chi connectivity index (χ4v) is 0.866. The van der Waals surface area contributed by atoms with Gasteiger partial charge in [0, 0.05) is 27.9 Å². The molecule has 64 valence electrons. The Morgan fingerprint density at radius 2 is 1.30 bits per heavy atom. The van der Waals surface area contributed by atoms with Gasteiger partial charge in [-0.25, -0.2) is 0 Å². The molecule has 0 aromatic heterocycles. The van der Waals surface area contributed by atoms with Crippen molar-refractivity contribution < 1.29 is 18.4 Å². The van der Waals surface area contributed by atoms with Gasteiger partial charge in [0.2, 0.25) is 0 Å². The van der Waals surface area contributed by atoms with Crippen molar-refractivity contribution in [2.75, 3.05) is 27.9 Å². The number of aliphatic hydroxyl groups excluding tert-OH is 1. The van der Waals surface area contributed by atoms with Crippen molar-refractivity contribution in [1.29, 1.82) is 0 Å². The van der Waals surface area contributed by atoms with E-state index in [1.54, 1.807) is 28.3 Å². The highest BCUT2D eigenvalue weighted by Gasteiger charge is 2.04. The van der Waals surface area contributed by atoms with E-state index < -0.39 is 9.53 Å². The van der Waals surface area contributed by atoms with E-state index in [1.807, 2.05) is 0 Å². The minimum atomic E-state index is -1.67. The van der Waals surface area contributed by atoms with Gasteiger partial charge in [0.05, 0.1) is 0 Å². The van der Waals surface area contributed by atoms with Crippen LogP contribution in [0.1, 0.15) is 6.92 Å². The number of hydrogen-bond acceptors (Lipinski definition) is 4. The highest BCUT2D eigenvalue weighted by atomic mass is 28.3. The fraction of sp³-hybridized carbons (Fsp3) is 1.00. The van der Waals surface area contributed by atoms with Gasteiger partial charge in [-0.15, -0.1) is 0 Å². The Balaban J connectivity index is 0. The molecule has 0 saturated heterocycles. The van der Waals surface area contributed by atoms with Crippen LogP contribution in [-0.4, -0.2) is 42.6 Å². The molecule has 0 heterocycles. The fourth-order valence-electron chi connectivity index (χ4n) is 0.289. The lowest BCUT2D eigenvalue weighted by atomic mass is 10.9. The van der Waals surface area contributed by atoms with Gasteiger partial charge in [-0.1, -0.05) is 0 Å². The van der Waals surface area contributed by atoms with Gasteiger partial charge in [-0.05, 0) is 6.92 Å². The average molecular weight is 168 g/mol. The third kappa shape index (κ3) is 10.9. The van der Waals surface area contributed by atoms with E-state index in [1.165, 1.54) is 0 Å². The smallest absolute Gasteiger partial charge is 0.397 e. The zero-order valence-electron chi connectivity index (χ0n) is 6.96. The first-order valence-corrected chi connectivity index (χ1v) is 4.37. The minimum Gasteiger partial charge on any atom is -0.397 e. The normalized spacial score (nSPS) is 9.00. The molecule has 1 N–H and O–H groups in total. The summed E-state index contributed by atoms with van der Waals surface area (Å²) < 4.78 is 14.2. The predicted molar refractivity (Wildman–Crippen MR) is 40.9 cm³/mol. The van der Waals surface area contributed by atoms with E-state index in [2.05, 4.69) is 0 Å². The van der Waals surface area contributed by atoms with Crippen LogP contribution in [0.5, 0.6) is 0 Å². The van der Waals surface area contributed by atoms with Gasteiger partial charge in [-0.3, -0.25) is 0 Å². The number of hydrogen-bond donors (Lipinski definition) is 1. The summed E-state index contributed by atoms with van der Waals surface area (Å²) in [5.41, 5.74) is 0. The van der Waals surface area contributed by atoms with Crippen molar-refractivity contribution in [3.05, 3.63) is 0 Å². The summed E-state index contributed by atoms with van der Waals surface area (Å²) in [6.45, 7) is 1.93. The Morgan fingerprint density at radius 3 is 1.30 bits per heavy atom. The number of aliphatic hydroxyl groups is 1. The Morgan fingerprint density at radius 1 is 1.10 bits per heavy atom. The zero-order chi connectivity index (χ0) is 8.41. The van der Waals surface area contributed by atoms with E-state index in [-0.39, 0.29) is 6.61 Å². The molecule has 0 bridgehead atoms. The third-order valence-corrected chi connectivity index (χ3v) is 1.73. The Kier molecular flexibility index (Phi) is 15.0. The monoisotopic (exact) mass is 168 g/mol. The molecule has 0 saturated carbocycles. The minimum absolute atomic E-state index is 0.250. The molecular formula is C5H16O4Si. The summed E-state index contributed by atoms with van der Waals surface area (Å²) in [6.07, 6.45) is 0. The molecule has 0 unspecified atom stereocenters. The first-order valence-electron chi connectivity index (χ1n) is 2.96. The summed E-state index contributed by atoms with van der Waals surface area (Å²) in [6, 6.07) is 0. The Labute approximate surface area is 63.7 Å². The van der Waals surface area contributed by atoms with Crippen molar-refractivity contribution in [1.82, 2.24) is 0 Å². The summed E-state index contributed by atoms with van der Waals surface area (Å²) in [5.74, 6) is 0. The molecule has 0 rings (SSSR count). The van der Waals surface area contributed by atoms with Gasteiger partial charge < -0.3 is 18.4 Å². The standard InChI is InChI=1S/C3H10O3Si.C2H6O/c1-4-7(5-2)6-3;1-2-3/h7H,1-3H3;3H,2H2,1H3. The molecule has 0 aliphatic heterocycles. The second kappa shape index (κ2) is 11.8. The van der Waals surface area contributed by atoms with E-state index in [4.69, 9.17) is 18.4 Å². The molecule has 0 atom stereocenters. The van der Waals surface area contributed by atoms with E-state index in [0.29, 0.717) is 0 Å². The first-order chi connectivity index (χ1) is 4.76. The molecule has 0 amide bonds. The molecule has 10 heavy (non-hydrogen) atoms. The van der Waals surface area contributed by atoms with Crippen LogP contribution in [0.3, 0.4) is 0 Å². The van der Waals surface area contributed by atoms with Crippen LogP contribution < -0.4 is 0 Å². The molecular weight excluding hydrogens is 152 g/mol. The third-order valence-electron chi connectivity index (χ3n) is 0.577. The van der Waals surface area contributed by atoms with Crippen molar-refractivity contribution >= 4 is 9.53 Å². The quantitative estimate of drug-likeness (QED) is 0.585. The average Bonchev–Trinajstić information content (AvgIpc) is 1.93. The topological polar surface area (TPSA) is 47.9 Å². The number of rotatable bonds is 3. The van der Waals surface area contributed by atoms with Crippen LogP contribution >= 0.6 is 0 Å². The predicted octanol–water partition coefficient (Wildman–Crippen LogP) is -0.359. The van der Waals surface area contributed by atoms with Crippen LogP contribution in [-0.2, 0) is 13.3 Å². The second-order valence-electron chi connectivity index (χ2n) is 1.31. The van der Waals surface area contributed by atoms with Gasteiger partial charge in [0.15, 0.2) is 0 Å². The summed E-state index contributed by atoms with van der Waals surface area (Å²) >= 11 is 0. The van der Waals surface area contributed by atoms with Gasteiger partial charge >= 0.3 is 9.53 Å². The van der Waals surface area contributed by atoms with Gasteiger partial charge in [0.1, 0.15) is 0 Å². The maximum absolute atomic E-state index is 7.57. The van der Waals surface area contributed by atoms with Crippen molar-refractivity contribution in [2.45, 2.75) is 6.92 Å². The highest BCUT2D eigenvalue weighted by Crippen LogP contribution is 1.81. The lowest BCUT2D eigenvalue weighted by molar-refractivity contribution is 0.163. The van der Waals surface area contributed by atoms with E-state index >= 15 is 0 Å².